The average molecular weight is 376 g/mol. The van der Waals surface area contributed by atoms with Gasteiger partial charge in [-0.25, -0.2) is 5.43 Å². The maximum atomic E-state index is 11.8. The van der Waals surface area contributed by atoms with E-state index >= 15 is 0 Å². The van der Waals surface area contributed by atoms with Crippen molar-refractivity contribution in [1.82, 2.24) is 5.43 Å². The first-order valence-electron chi connectivity index (χ1n) is 6.63. The van der Waals surface area contributed by atoms with Crippen LogP contribution in [0.3, 0.4) is 0 Å². The molecular weight excluding hydrogens is 362 g/mol. The molecule has 2 aromatic rings. The highest BCUT2D eigenvalue weighted by molar-refractivity contribution is 9.10. The van der Waals surface area contributed by atoms with E-state index in [-0.39, 0.29) is 0 Å². The molecule has 2 aromatic carbocycles. The lowest BCUT2D eigenvalue weighted by Gasteiger charge is -2.08. The second-order valence-electron chi connectivity index (χ2n) is 4.41. The van der Waals surface area contributed by atoms with Gasteiger partial charge in [0, 0.05) is 4.47 Å². The number of amides is 2. The molecule has 2 amide bonds. The van der Waals surface area contributed by atoms with Crippen LogP contribution in [-0.2, 0) is 9.59 Å². The Morgan fingerprint density at radius 3 is 2.48 bits per heavy atom. The van der Waals surface area contributed by atoms with Gasteiger partial charge in [-0.2, -0.15) is 5.10 Å². The van der Waals surface area contributed by atoms with E-state index in [9.17, 15) is 9.59 Å². The molecule has 0 aromatic heterocycles. The molecular formula is C16H14BrN3O3. The van der Waals surface area contributed by atoms with Gasteiger partial charge < -0.3 is 10.1 Å². The summed E-state index contributed by atoms with van der Waals surface area (Å²) in [4.78, 5) is 23.5. The molecule has 0 fully saturated rings. The Kier molecular flexibility index (Phi) is 5.87. The van der Waals surface area contributed by atoms with Crippen molar-refractivity contribution in [2.45, 2.75) is 0 Å². The van der Waals surface area contributed by atoms with Crippen LogP contribution >= 0.6 is 15.9 Å². The topological polar surface area (TPSA) is 79.8 Å². The molecule has 0 unspecified atom stereocenters. The molecule has 0 atom stereocenters. The van der Waals surface area contributed by atoms with Crippen molar-refractivity contribution in [2.24, 2.45) is 5.10 Å². The number of hydrogen-bond acceptors (Lipinski definition) is 4. The fourth-order valence-electron chi connectivity index (χ4n) is 1.69. The van der Waals surface area contributed by atoms with Gasteiger partial charge in [0.05, 0.1) is 19.0 Å². The highest BCUT2D eigenvalue weighted by Crippen LogP contribution is 2.22. The zero-order chi connectivity index (χ0) is 16.7. The average Bonchev–Trinajstić information content (AvgIpc) is 2.57. The minimum Gasteiger partial charge on any atom is -0.495 e. The first-order chi connectivity index (χ1) is 11.1. The Balaban J connectivity index is 1.92. The largest absolute Gasteiger partial charge is 0.495 e. The van der Waals surface area contributed by atoms with Gasteiger partial charge in [0.1, 0.15) is 5.75 Å². The van der Waals surface area contributed by atoms with Gasteiger partial charge in [-0.3, -0.25) is 9.59 Å². The number of halogens is 1. The summed E-state index contributed by atoms with van der Waals surface area (Å²) in [6.45, 7) is 0. The molecule has 0 radical (unpaired) electrons. The number of para-hydroxylation sites is 2. The van der Waals surface area contributed by atoms with Crippen molar-refractivity contribution in [1.29, 1.82) is 0 Å². The molecule has 2 rings (SSSR count). The van der Waals surface area contributed by atoms with E-state index in [1.807, 2.05) is 24.3 Å². The number of ether oxygens (including phenoxy) is 1. The van der Waals surface area contributed by atoms with E-state index in [0.717, 1.165) is 10.0 Å². The second-order valence-corrected chi connectivity index (χ2v) is 5.32. The molecule has 0 saturated carbocycles. The SMILES string of the molecule is COc1ccccc1NC(=O)C(=O)N/N=C/c1ccc(Br)cc1. The van der Waals surface area contributed by atoms with E-state index < -0.39 is 11.8 Å². The second kappa shape index (κ2) is 8.09. The summed E-state index contributed by atoms with van der Waals surface area (Å²) >= 11 is 3.32. The molecule has 0 saturated heterocycles. The van der Waals surface area contributed by atoms with Crippen LogP contribution in [-0.4, -0.2) is 25.1 Å². The van der Waals surface area contributed by atoms with Crippen LogP contribution in [0.4, 0.5) is 5.69 Å². The number of nitrogens with one attached hydrogen (secondary N) is 2. The molecule has 118 valence electrons. The lowest BCUT2D eigenvalue weighted by Crippen LogP contribution is -2.32. The molecule has 23 heavy (non-hydrogen) atoms. The number of methoxy groups -OCH3 is 1. The van der Waals surface area contributed by atoms with Gasteiger partial charge in [0.25, 0.3) is 0 Å². The Morgan fingerprint density at radius 2 is 1.78 bits per heavy atom. The lowest BCUT2D eigenvalue weighted by atomic mass is 10.2. The van der Waals surface area contributed by atoms with Gasteiger partial charge in [0.15, 0.2) is 0 Å². The third kappa shape index (κ3) is 4.93. The molecule has 2 N–H and O–H groups in total. The number of carbonyl (C=O) groups excluding carboxylic acids is 2. The highest BCUT2D eigenvalue weighted by Gasteiger charge is 2.14. The van der Waals surface area contributed by atoms with Crippen molar-refractivity contribution in [3.05, 3.63) is 58.6 Å². The number of hydrogen-bond donors (Lipinski definition) is 2. The van der Waals surface area contributed by atoms with Crippen molar-refractivity contribution in [2.75, 3.05) is 12.4 Å². The fraction of sp³-hybridized carbons (Fsp3) is 0.0625. The quantitative estimate of drug-likeness (QED) is 0.489. The molecule has 6 nitrogen and oxygen atoms in total. The van der Waals surface area contributed by atoms with Crippen LogP contribution in [0.5, 0.6) is 5.75 Å². The maximum absolute atomic E-state index is 11.8. The molecule has 0 aliphatic rings. The Bertz CT molecular complexity index is 730. The molecule has 0 bridgehead atoms. The number of carbonyl (C=O) groups is 2. The van der Waals surface area contributed by atoms with E-state index in [2.05, 4.69) is 31.8 Å². The summed E-state index contributed by atoms with van der Waals surface area (Å²) in [6.07, 6.45) is 1.45. The monoisotopic (exact) mass is 375 g/mol. The van der Waals surface area contributed by atoms with Gasteiger partial charge in [0.2, 0.25) is 0 Å². The number of nitrogens with zero attached hydrogens (tertiary/aromatic N) is 1. The fourth-order valence-corrected chi connectivity index (χ4v) is 1.96. The van der Waals surface area contributed by atoms with Gasteiger partial charge in [-0.05, 0) is 29.8 Å². The minimum atomic E-state index is -0.871. The number of anilines is 1. The summed E-state index contributed by atoms with van der Waals surface area (Å²) in [6, 6.07) is 14.1. The first kappa shape index (κ1) is 16.7. The molecule has 7 heteroatoms. The van der Waals surface area contributed by atoms with Crippen LogP contribution in [0, 0.1) is 0 Å². The van der Waals surface area contributed by atoms with Crippen LogP contribution < -0.4 is 15.5 Å². The molecule has 0 aliphatic carbocycles. The van der Waals surface area contributed by atoms with E-state index in [0.29, 0.717) is 11.4 Å². The summed E-state index contributed by atoms with van der Waals surface area (Å²) in [5, 5.41) is 6.21. The smallest absolute Gasteiger partial charge is 0.329 e. The van der Waals surface area contributed by atoms with E-state index in [1.54, 1.807) is 24.3 Å². The van der Waals surface area contributed by atoms with Gasteiger partial charge in [-0.1, -0.05) is 40.2 Å². The maximum Gasteiger partial charge on any atom is 0.329 e. The highest BCUT2D eigenvalue weighted by atomic mass is 79.9. The minimum absolute atomic E-state index is 0.409. The predicted molar refractivity (Wildman–Crippen MR) is 91.5 cm³/mol. The van der Waals surface area contributed by atoms with E-state index in [4.69, 9.17) is 4.74 Å². The van der Waals surface area contributed by atoms with Crippen molar-refractivity contribution < 1.29 is 14.3 Å². The summed E-state index contributed by atoms with van der Waals surface area (Å²) in [5.41, 5.74) is 3.37. The van der Waals surface area contributed by atoms with Crippen molar-refractivity contribution >= 4 is 39.6 Å². The first-order valence-corrected chi connectivity index (χ1v) is 7.42. The third-order valence-corrected chi connectivity index (χ3v) is 3.34. The molecule has 0 aliphatic heterocycles. The van der Waals surface area contributed by atoms with Crippen LogP contribution in [0.1, 0.15) is 5.56 Å². The molecule has 0 heterocycles. The van der Waals surface area contributed by atoms with Crippen LogP contribution in [0.15, 0.2) is 58.1 Å². The third-order valence-electron chi connectivity index (χ3n) is 2.81. The zero-order valence-electron chi connectivity index (χ0n) is 12.2. The van der Waals surface area contributed by atoms with Gasteiger partial charge in [-0.15, -0.1) is 0 Å². The number of rotatable bonds is 4. The Labute approximate surface area is 141 Å². The normalized spacial score (nSPS) is 10.3. The van der Waals surface area contributed by atoms with Crippen molar-refractivity contribution in [3.63, 3.8) is 0 Å². The number of hydrazone groups is 1. The van der Waals surface area contributed by atoms with Gasteiger partial charge >= 0.3 is 11.8 Å². The van der Waals surface area contributed by atoms with Crippen LogP contribution in [0.2, 0.25) is 0 Å². The predicted octanol–water partition coefficient (Wildman–Crippen LogP) is 2.55. The lowest BCUT2D eigenvalue weighted by molar-refractivity contribution is -0.136. The summed E-state index contributed by atoms with van der Waals surface area (Å²) in [7, 11) is 1.48. The summed E-state index contributed by atoms with van der Waals surface area (Å²) < 4.78 is 6.03. The Morgan fingerprint density at radius 1 is 1.09 bits per heavy atom. The van der Waals surface area contributed by atoms with Crippen LogP contribution in [0.25, 0.3) is 0 Å². The van der Waals surface area contributed by atoms with E-state index in [1.165, 1.54) is 13.3 Å². The number of benzene rings is 2. The Hall–Kier alpha value is -2.67. The summed E-state index contributed by atoms with van der Waals surface area (Å²) in [5.74, 6) is -1.24. The standard InChI is InChI=1S/C16H14BrN3O3/c1-23-14-5-3-2-4-13(14)19-15(21)16(22)20-18-10-11-6-8-12(17)9-7-11/h2-10H,1H3,(H,19,21)(H,20,22)/b18-10+. The molecule has 0 spiro atoms. The zero-order valence-corrected chi connectivity index (χ0v) is 13.8. The van der Waals surface area contributed by atoms with Crippen molar-refractivity contribution in [3.8, 4) is 5.75 Å².